The molecule has 0 aromatic heterocycles. The molecule has 5 atom stereocenters. The molecule has 1 rings (SSSR count). The molecule has 1 aliphatic rings. The number of esters is 2. The third-order valence-electron chi connectivity index (χ3n) is 9.60. The highest BCUT2D eigenvalue weighted by atomic mass is 31.2. The smallest absolute Gasteiger partial charge is 0.462 e. The standard InChI is InChI=1S/C43H78O14P2/c1-4-5-6-7-19-24-29-40-41(57-40)30-25-20-15-13-17-21-26-31-42(45)52-35-39(36-55-59(50,51)54-34-38(44)33-53-58(47,48)49)56-43(46)32-27-22-16-12-10-8-9-11-14-18-23-28-37(2)3/h13,17,19-20,24-25,37-41,44H,4-12,14-16,18,21-23,26-36H2,1-3H3,(H,50,51)(H2,47,48,49)/b17-13-,24-19-,25-20-/t38-,39+,40?,41?/m0/s1. The fraction of sp³-hybridized carbons (Fsp3) is 0.814. The van der Waals surface area contributed by atoms with Crippen molar-refractivity contribution in [2.24, 2.45) is 5.92 Å². The Labute approximate surface area is 354 Å². The number of rotatable bonds is 40. The lowest BCUT2D eigenvalue weighted by molar-refractivity contribution is -0.161. The van der Waals surface area contributed by atoms with Crippen LogP contribution >= 0.6 is 15.6 Å². The molecule has 0 saturated carbocycles. The first kappa shape index (κ1) is 55.3. The largest absolute Gasteiger partial charge is 0.472 e. The van der Waals surface area contributed by atoms with E-state index in [1.54, 1.807) is 0 Å². The van der Waals surface area contributed by atoms with Gasteiger partial charge in [-0.2, -0.15) is 0 Å². The topological polar surface area (TPSA) is 208 Å². The summed E-state index contributed by atoms with van der Waals surface area (Å²) < 4.78 is 53.5. The molecule has 0 aromatic carbocycles. The van der Waals surface area contributed by atoms with Gasteiger partial charge in [-0.15, -0.1) is 0 Å². The van der Waals surface area contributed by atoms with Gasteiger partial charge in [-0.1, -0.05) is 141 Å². The lowest BCUT2D eigenvalue weighted by Crippen LogP contribution is -2.30. The van der Waals surface area contributed by atoms with Gasteiger partial charge in [0.25, 0.3) is 0 Å². The molecule has 59 heavy (non-hydrogen) atoms. The summed E-state index contributed by atoms with van der Waals surface area (Å²) >= 11 is 0. The molecule has 344 valence electrons. The maximum atomic E-state index is 12.7. The average Bonchev–Trinajstić information content (AvgIpc) is 3.94. The number of allylic oxidation sites excluding steroid dienone is 4. The Morgan fingerprint density at radius 1 is 0.627 bits per heavy atom. The van der Waals surface area contributed by atoms with Gasteiger partial charge in [0, 0.05) is 12.8 Å². The van der Waals surface area contributed by atoms with E-state index >= 15 is 0 Å². The van der Waals surface area contributed by atoms with E-state index in [-0.39, 0.29) is 12.8 Å². The summed E-state index contributed by atoms with van der Waals surface area (Å²) in [7, 11) is -9.69. The van der Waals surface area contributed by atoms with E-state index in [1.807, 2.05) is 12.2 Å². The summed E-state index contributed by atoms with van der Waals surface area (Å²) in [5, 5.41) is 9.75. The predicted molar refractivity (Wildman–Crippen MR) is 229 cm³/mol. The number of hydrogen-bond acceptors (Lipinski definition) is 11. The van der Waals surface area contributed by atoms with E-state index in [1.165, 1.54) is 70.6 Å². The van der Waals surface area contributed by atoms with Crippen LogP contribution in [0.2, 0.25) is 0 Å². The number of hydrogen-bond donors (Lipinski definition) is 4. The van der Waals surface area contributed by atoms with E-state index in [0.29, 0.717) is 31.5 Å². The molecular weight excluding hydrogens is 802 g/mol. The Morgan fingerprint density at radius 3 is 1.78 bits per heavy atom. The number of ether oxygens (including phenoxy) is 3. The van der Waals surface area contributed by atoms with Crippen LogP contribution in [0.1, 0.15) is 168 Å². The summed E-state index contributed by atoms with van der Waals surface area (Å²) in [4.78, 5) is 52.7. The number of carbonyl (C=O) groups is 2. The van der Waals surface area contributed by atoms with Gasteiger partial charge in [0.15, 0.2) is 6.10 Å². The number of aliphatic hydroxyl groups is 1. The molecule has 0 bridgehead atoms. The van der Waals surface area contributed by atoms with E-state index < -0.39 is 66.2 Å². The highest BCUT2D eigenvalue weighted by Crippen LogP contribution is 2.44. The monoisotopic (exact) mass is 880 g/mol. The van der Waals surface area contributed by atoms with Crippen molar-refractivity contribution in [2.75, 3.05) is 26.4 Å². The first-order chi connectivity index (χ1) is 28.2. The molecule has 14 nitrogen and oxygen atoms in total. The van der Waals surface area contributed by atoms with Crippen LogP contribution in [0.5, 0.6) is 0 Å². The minimum absolute atomic E-state index is 0.115. The maximum Gasteiger partial charge on any atom is 0.472 e. The number of phosphoric acid groups is 2. The van der Waals surface area contributed by atoms with Gasteiger partial charge in [0.05, 0.1) is 32.0 Å². The average molecular weight is 881 g/mol. The SMILES string of the molecule is CCCCC/C=C\CC1OC1C/C=C\C/C=C\CCCC(=O)OC[C@H](COP(=O)(O)OC[C@@H](O)COP(=O)(O)O)OC(=O)CCCCCCCCCCCCCC(C)C. The van der Waals surface area contributed by atoms with Crippen LogP contribution in [0.25, 0.3) is 0 Å². The van der Waals surface area contributed by atoms with Crippen molar-refractivity contribution in [3.05, 3.63) is 36.5 Å². The van der Waals surface area contributed by atoms with Crippen molar-refractivity contribution in [1.29, 1.82) is 0 Å². The Hall–Kier alpha value is -1.70. The highest BCUT2D eigenvalue weighted by molar-refractivity contribution is 7.47. The number of carbonyl (C=O) groups excluding carboxylic acids is 2. The third kappa shape index (κ3) is 36.7. The fourth-order valence-electron chi connectivity index (χ4n) is 6.10. The number of epoxide rings is 1. The number of phosphoric ester groups is 2. The minimum atomic E-state index is -4.87. The quantitative estimate of drug-likeness (QED) is 0.0149. The zero-order valence-electron chi connectivity index (χ0n) is 36.2. The molecule has 0 aliphatic carbocycles. The molecule has 3 unspecified atom stereocenters. The van der Waals surface area contributed by atoms with E-state index in [9.17, 15) is 28.7 Å². The Bertz CT molecular complexity index is 1270. The predicted octanol–water partition coefficient (Wildman–Crippen LogP) is 10.1. The second-order valence-corrected chi connectivity index (χ2v) is 18.5. The molecule has 1 fully saturated rings. The first-order valence-electron chi connectivity index (χ1n) is 22.2. The van der Waals surface area contributed by atoms with Gasteiger partial charge in [-0.3, -0.25) is 23.2 Å². The van der Waals surface area contributed by atoms with Crippen LogP contribution in [0.15, 0.2) is 36.5 Å². The summed E-state index contributed by atoms with van der Waals surface area (Å²) in [6, 6.07) is 0. The molecule has 1 heterocycles. The summed E-state index contributed by atoms with van der Waals surface area (Å²) in [5.41, 5.74) is 0. The van der Waals surface area contributed by atoms with Crippen molar-refractivity contribution in [3.63, 3.8) is 0 Å². The number of aliphatic hydroxyl groups excluding tert-OH is 1. The van der Waals surface area contributed by atoms with Crippen molar-refractivity contribution < 1.29 is 66.3 Å². The number of unbranched alkanes of at least 4 members (excludes halogenated alkanes) is 14. The molecule has 16 heteroatoms. The van der Waals surface area contributed by atoms with Crippen LogP contribution in [0.4, 0.5) is 0 Å². The second kappa shape index (κ2) is 34.8. The van der Waals surface area contributed by atoms with E-state index in [0.717, 1.165) is 50.9 Å². The van der Waals surface area contributed by atoms with Crippen LogP contribution in [-0.4, -0.2) is 82.6 Å². The maximum absolute atomic E-state index is 12.7. The molecule has 0 amide bonds. The fourth-order valence-corrected chi connectivity index (χ4v) is 7.25. The van der Waals surface area contributed by atoms with Gasteiger partial charge in [0.1, 0.15) is 12.7 Å². The molecule has 4 N–H and O–H groups in total. The molecule has 0 aromatic rings. The summed E-state index contributed by atoms with van der Waals surface area (Å²) in [6.45, 7) is 3.97. The van der Waals surface area contributed by atoms with Gasteiger partial charge in [-0.05, 0) is 57.3 Å². The Morgan fingerprint density at radius 2 is 1.15 bits per heavy atom. The highest BCUT2D eigenvalue weighted by Gasteiger charge is 2.36. The van der Waals surface area contributed by atoms with Crippen molar-refractivity contribution >= 4 is 27.6 Å². The van der Waals surface area contributed by atoms with Gasteiger partial charge in [-0.25, -0.2) is 9.13 Å². The van der Waals surface area contributed by atoms with Crippen LogP contribution in [-0.2, 0) is 46.5 Å². The summed E-state index contributed by atoms with van der Waals surface area (Å²) in [5.74, 6) is -0.324. The van der Waals surface area contributed by atoms with E-state index in [2.05, 4.69) is 54.1 Å². The molecule has 1 saturated heterocycles. The van der Waals surface area contributed by atoms with Crippen molar-refractivity contribution in [2.45, 2.75) is 193 Å². The van der Waals surface area contributed by atoms with Crippen molar-refractivity contribution in [1.82, 2.24) is 0 Å². The first-order valence-corrected chi connectivity index (χ1v) is 25.2. The Kier molecular flexibility index (Phi) is 32.7. The second-order valence-electron chi connectivity index (χ2n) is 15.8. The normalized spacial score (nSPS) is 17.9. The van der Waals surface area contributed by atoms with Gasteiger partial charge < -0.3 is 34.0 Å². The van der Waals surface area contributed by atoms with Crippen LogP contribution in [0.3, 0.4) is 0 Å². The molecule has 1 aliphatic heterocycles. The lowest BCUT2D eigenvalue weighted by atomic mass is 10.0. The Balaban J connectivity index is 2.39. The third-order valence-corrected chi connectivity index (χ3v) is 11.0. The molecule has 0 radical (unpaired) electrons. The summed E-state index contributed by atoms with van der Waals surface area (Å²) in [6.07, 6.45) is 33.2. The van der Waals surface area contributed by atoms with Crippen molar-refractivity contribution in [3.8, 4) is 0 Å². The van der Waals surface area contributed by atoms with Crippen LogP contribution < -0.4 is 0 Å². The zero-order valence-corrected chi connectivity index (χ0v) is 38.0. The van der Waals surface area contributed by atoms with Gasteiger partial charge >= 0.3 is 27.6 Å². The molecule has 0 spiro atoms. The minimum Gasteiger partial charge on any atom is -0.462 e. The lowest BCUT2D eigenvalue weighted by Gasteiger charge is -2.20. The van der Waals surface area contributed by atoms with E-state index in [4.69, 9.17) is 28.5 Å². The van der Waals surface area contributed by atoms with Gasteiger partial charge in [0.2, 0.25) is 0 Å². The zero-order chi connectivity index (χ0) is 43.6. The molecular formula is C43H78O14P2. The van der Waals surface area contributed by atoms with Crippen LogP contribution in [0, 0.1) is 5.92 Å².